The van der Waals surface area contributed by atoms with E-state index in [9.17, 15) is 4.79 Å². The Bertz CT molecular complexity index is 1320. The minimum atomic E-state index is -0.0569. The molecule has 0 bridgehead atoms. The van der Waals surface area contributed by atoms with Crippen molar-refractivity contribution in [2.24, 2.45) is 5.92 Å². The lowest BCUT2D eigenvalue weighted by atomic mass is 9.95. The molecule has 0 saturated carbocycles. The minimum absolute atomic E-state index is 0.0569. The number of hydrogen-bond acceptors (Lipinski definition) is 6. The smallest absolute Gasteiger partial charge is 0.257 e. The maximum atomic E-state index is 13.7. The quantitative estimate of drug-likeness (QED) is 0.442. The molecule has 7 heteroatoms. The highest BCUT2D eigenvalue weighted by Gasteiger charge is 2.26. The first-order chi connectivity index (χ1) is 17.2. The molecule has 1 N–H and O–H groups in total. The highest BCUT2D eigenvalue weighted by Crippen LogP contribution is 2.25. The number of rotatable bonds is 6. The van der Waals surface area contributed by atoms with E-state index in [2.05, 4.69) is 33.5 Å². The van der Waals surface area contributed by atoms with Crippen molar-refractivity contribution in [2.45, 2.75) is 6.42 Å². The average Bonchev–Trinajstić information content (AvgIpc) is 3.14. The van der Waals surface area contributed by atoms with Crippen molar-refractivity contribution >= 4 is 28.2 Å². The molecule has 1 aliphatic rings. The van der Waals surface area contributed by atoms with Crippen molar-refractivity contribution in [3.05, 3.63) is 90.4 Å². The van der Waals surface area contributed by atoms with Crippen LogP contribution in [0.1, 0.15) is 15.9 Å². The van der Waals surface area contributed by atoms with E-state index in [0.29, 0.717) is 37.7 Å². The second-order valence-corrected chi connectivity index (χ2v) is 8.67. The van der Waals surface area contributed by atoms with Gasteiger partial charge in [-0.15, -0.1) is 0 Å². The number of anilines is 2. The van der Waals surface area contributed by atoms with Gasteiger partial charge in [-0.2, -0.15) is 0 Å². The zero-order valence-corrected chi connectivity index (χ0v) is 19.7. The second-order valence-electron chi connectivity index (χ2n) is 8.67. The van der Waals surface area contributed by atoms with Crippen molar-refractivity contribution in [3.8, 4) is 5.75 Å². The molecule has 1 amide bonds. The number of hydrogen-bond donors (Lipinski definition) is 1. The summed E-state index contributed by atoms with van der Waals surface area (Å²) in [7, 11) is 1.63. The molecule has 178 valence electrons. The summed E-state index contributed by atoms with van der Waals surface area (Å²) >= 11 is 0. The van der Waals surface area contributed by atoms with E-state index in [1.165, 1.54) is 10.9 Å². The molecule has 2 aromatic carbocycles. The topological polar surface area (TPSA) is 76.6 Å². The molecule has 1 aliphatic heterocycles. The molecular formula is C28H28N4O3. The summed E-state index contributed by atoms with van der Waals surface area (Å²) in [5, 5.41) is 5.59. The lowest BCUT2D eigenvalue weighted by Gasteiger charge is -2.25. The number of fused-ring (bicyclic) bond motifs is 1. The largest absolute Gasteiger partial charge is 0.497 e. The molecule has 0 aliphatic carbocycles. The molecule has 4 aromatic rings. The maximum Gasteiger partial charge on any atom is 0.257 e. The van der Waals surface area contributed by atoms with Gasteiger partial charge >= 0.3 is 0 Å². The summed E-state index contributed by atoms with van der Waals surface area (Å²) in [4.78, 5) is 24.3. The number of amides is 1. The third-order valence-electron chi connectivity index (χ3n) is 6.28. The van der Waals surface area contributed by atoms with Gasteiger partial charge in [-0.05, 0) is 47.7 Å². The monoisotopic (exact) mass is 468 g/mol. The van der Waals surface area contributed by atoms with Crippen LogP contribution in [-0.4, -0.2) is 54.2 Å². The summed E-state index contributed by atoms with van der Waals surface area (Å²) in [6, 6.07) is 19.5. The van der Waals surface area contributed by atoms with E-state index in [4.69, 9.17) is 9.47 Å². The van der Waals surface area contributed by atoms with Crippen molar-refractivity contribution < 1.29 is 14.3 Å². The highest BCUT2D eigenvalue weighted by atomic mass is 16.5. The molecule has 35 heavy (non-hydrogen) atoms. The predicted molar refractivity (Wildman–Crippen MR) is 136 cm³/mol. The number of carbonyl (C=O) groups is 1. The Balaban J connectivity index is 1.35. The molecule has 7 nitrogen and oxygen atoms in total. The second kappa shape index (κ2) is 10.5. The van der Waals surface area contributed by atoms with E-state index < -0.39 is 0 Å². The number of methoxy groups -OCH3 is 1. The van der Waals surface area contributed by atoms with Gasteiger partial charge in [0.05, 0.1) is 25.9 Å². The lowest BCUT2D eigenvalue weighted by molar-refractivity contribution is 0.0738. The molecule has 0 radical (unpaired) electrons. The van der Waals surface area contributed by atoms with E-state index in [-0.39, 0.29) is 11.8 Å². The predicted octanol–water partition coefficient (Wildman–Crippen LogP) is 4.71. The van der Waals surface area contributed by atoms with Gasteiger partial charge in [0.25, 0.3) is 5.91 Å². The van der Waals surface area contributed by atoms with Crippen molar-refractivity contribution in [2.75, 3.05) is 38.7 Å². The van der Waals surface area contributed by atoms with Crippen LogP contribution in [0.25, 0.3) is 10.8 Å². The number of benzene rings is 2. The fourth-order valence-corrected chi connectivity index (χ4v) is 4.54. The fourth-order valence-electron chi connectivity index (χ4n) is 4.54. The van der Waals surface area contributed by atoms with Crippen LogP contribution in [0.3, 0.4) is 0 Å². The van der Waals surface area contributed by atoms with Gasteiger partial charge in [-0.1, -0.05) is 24.3 Å². The number of carbonyl (C=O) groups excluding carboxylic acids is 1. The van der Waals surface area contributed by atoms with Gasteiger partial charge in [0, 0.05) is 54.7 Å². The zero-order valence-electron chi connectivity index (χ0n) is 19.7. The first-order valence-electron chi connectivity index (χ1n) is 11.8. The third kappa shape index (κ3) is 5.25. The number of nitrogens with zero attached hydrogens (tertiary/aromatic N) is 3. The van der Waals surface area contributed by atoms with Crippen LogP contribution in [0.15, 0.2) is 79.3 Å². The van der Waals surface area contributed by atoms with E-state index in [1.807, 2.05) is 53.7 Å². The van der Waals surface area contributed by atoms with Crippen LogP contribution in [0.2, 0.25) is 0 Å². The Labute approximate surface area is 204 Å². The van der Waals surface area contributed by atoms with Gasteiger partial charge in [0.15, 0.2) is 0 Å². The molecule has 0 spiro atoms. The summed E-state index contributed by atoms with van der Waals surface area (Å²) in [6.45, 7) is 2.28. The fraction of sp³-hybridized carbons (Fsp3) is 0.250. The summed E-state index contributed by atoms with van der Waals surface area (Å²) in [5.41, 5.74) is 2.56. The van der Waals surface area contributed by atoms with Crippen molar-refractivity contribution in [1.82, 2.24) is 14.9 Å². The average molecular weight is 469 g/mol. The molecule has 1 atom stereocenters. The first kappa shape index (κ1) is 22.8. The number of ether oxygens (including phenoxy) is 2. The van der Waals surface area contributed by atoms with Crippen LogP contribution in [0, 0.1) is 5.92 Å². The van der Waals surface area contributed by atoms with Crippen LogP contribution in [0.4, 0.5) is 11.5 Å². The Hall–Kier alpha value is -3.97. The number of pyridine rings is 2. The van der Waals surface area contributed by atoms with Gasteiger partial charge in [-0.3, -0.25) is 9.78 Å². The normalized spacial score (nSPS) is 16.0. The Morgan fingerprint density at radius 2 is 2.06 bits per heavy atom. The van der Waals surface area contributed by atoms with E-state index in [1.54, 1.807) is 19.4 Å². The van der Waals surface area contributed by atoms with Crippen molar-refractivity contribution in [1.29, 1.82) is 0 Å². The third-order valence-corrected chi connectivity index (χ3v) is 6.28. The van der Waals surface area contributed by atoms with Crippen LogP contribution < -0.4 is 10.1 Å². The molecule has 1 fully saturated rings. The summed E-state index contributed by atoms with van der Waals surface area (Å²) < 4.78 is 11.2. The van der Waals surface area contributed by atoms with Crippen molar-refractivity contribution in [3.63, 3.8) is 0 Å². The summed E-state index contributed by atoms with van der Waals surface area (Å²) in [5.74, 6) is 1.37. The number of nitrogens with one attached hydrogen (secondary N) is 1. The molecule has 5 rings (SSSR count). The van der Waals surface area contributed by atoms with Gasteiger partial charge < -0.3 is 19.7 Å². The van der Waals surface area contributed by atoms with Crippen LogP contribution >= 0.6 is 0 Å². The van der Waals surface area contributed by atoms with Gasteiger partial charge in [0.1, 0.15) is 11.6 Å². The number of aromatic nitrogens is 2. The first-order valence-corrected chi connectivity index (χ1v) is 11.8. The lowest BCUT2D eigenvalue weighted by Crippen LogP contribution is -2.36. The van der Waals surface area contributed by atoms with Gasteiger partial charge in [0.2, 0.25) is 0 Å². The SMILES string of the molecule is COc1cccc(Nc2ncccc2C(=O)N2CCOC[C@H](Cc3cccc4ccncc34)C2)c1. The molecule has 0 unspecified atom stereocenters. The molecule has 1 saturated heterocycles. The summed E-state index contributed by atoms with van der Waals surface area (Å²) in [6.07, 6.45) is 6.22. The minimum Gasteiger partial charge on any atom is -0.497 e. The Morgan fingerprint density at radius 1 is 1.14 bits per heavy atom. The standard InChI is InChI=1S/C28H28N4O3/c1-34-24-8-3-7-23(16-24)31-27-25(9-4-11-30-27)28(33)32-13-14-35-19-20(18-32)15-22-6-2-5-21-10-12-29-17-26(21)22/h2-12,16-17,20H,13-15,18-19H2,1H3,(H,30,31)/t20-/m1/s1. The van der Waals surface area contributed by atoms with Gasteiger partial charge in [-0.25, -0.2) is 4.98 Å². The zero-order chi connectivity index (χ0) is 24.0. The molecule has 3 heterocycles. The van der Waals surface area contributed by atoms with E-state index >= 15 is 0 Å². The maximum absolute atomic E-state index is 13.7. The molecule has 2 aromatic heterocycles. The van der Waals surface area contributed by atoms with E-state index in [0.717, 1.165) is 23.2 Å². The molecular weight excluding hydrogens is 440 g/mol. The van der Waals surface area contributed by atoms with Crippen LogP contribution in [0.5, 0.6) is 5.75 Å². The highest BCUT2D eigenvalue weighted by molar-refractivity contribution is 5.99. The van der Waals surface area contributed by atoms with Crippen LogP contribution in [-0.2, 0) is 11.2 Å². The Morgan fingerprint density at radius 3 is 2.97 bits per heavy atom. The Kier molecular flexibility index (Phi) is 6.86.